The molecule has 0 spiro atoms. The van der Waals surface area contributed by atoms with E-state index in [4.69, 9.17) is 4.74 Å². The molecule has 64 valence electrons. The fourth-order valence-electron chi connectivity index (χ4n) is 0.872. The number of nitrogens with zero attached hydrogens (tertiary/aromatic N) is 2. The van der Waals surface area contributed by atoms with Crippen LogP contribution in [0.25, 0.3) is 0 Å². The predicted octanol–water partition coefficient (Wildman–Crippen LogP) is -0.610. The van der Waals surface area contributed by atoms with Crippen LogP contribution in [0.5, 0.6) is 0 Å². The third-order valence-electron chi connectivity index (χ3n) is 1.67. The number of carbonyl (C=O) groups is 1. The lowest BCUT2D eigenvalue weighted by Gasteiger charge is -2.23. The van der Waals surface area contributed by atoms with Gasteiger partial charge < -0.3 is 4.74 Å². The van der Waals surface area contributed by atoms with E-state index in [1.165, 1.54) is 6.33 Å². The normalized spacial score (nSPS) is 17.0. The van der Waals surface area contributed by atoms with Gasteiger partial charge in [-0.2, -0.15) is 10.1 Å². The number of ether oxygens (including phenoxy) is 1. The van der Waals surface area contributed by atoms with Crippen LogP contribution in [0.15, 0.2) is 6.33 Å². The topological polar surface area (TPSA) is 79.9 Å². The molecule has 1 fully saturated rings. The molecule has 2 heterocycles. The molecule has 0 aliphatic carbocycles. The Bertz CT molecular complexity index is 267. The van der Waals surface area contributed by atoms with E-state index in [2.05, 4.69) is 20.5 Å². The van der Waals surface area contributed by atoms with E-state index in [1.807, 2.05) is 0 Å². The second-order valence-electron chi connectivity index (χ2n) is 2.56. The predicted molar refractivity (Wildman–Crippen MR) is 39.3 cm³/mol. The largest absolute Gasteiger partial charge is 0.380 e. The summed E-state index contributed by atoms with van der Waals surface area (Å²) in [5.41, 5.74) is 0. The molecule has 1 aromatic heterocycles. The highest BCUT2D eigenvalue weighted by Gasteiger charge is 2.26. The Balaban J connectivity index is 1.90. The quantitative estimate of drug-likeness (QED) is 0.617. The minimum atomic E-state index is -0.0713. The summed E-state index contributed by atoms with van der Waals surface area (Å²) in [4.78, 5) is 15.0. The minimum Gasteiger partial charge on any atom is -0.380 e. The number of carbonyl (C=O) groups excluding carboxylic acids is 1. The summed E-state index contributed by atoms with van der Waals surface area (Å²) in [7, 11) is 0. The van der Waals surface area contributed by atoms with E-state index < -0.39 is 0 Å². The van der Waals surface area contributed by atoms with Crippen molar-refractivity contribution in [3.8, 4) is 0 Å². The van der Waals surface area contributed by atoms with Gasteiger partial charge in [0.05, 0.1) is 19.1 Å². The average molecular weight is 168 g/mol. The van der Waals surface area contributed by atoms with Crippen molar-refractivity contribution < 1.29 is 9.53 Å². The Kier molecular flexibility index (Phi) is 1.75. The van der Waals surface area contributed by atoms with Crippen LogP contribution in [-0.2, 0) is 9.53 Å². The summed E-state index contributed by atoms with van der Waals surface area (Å²) in [6, 6.07) is 0. The summed E-state index contributed by atoms with van der Waals surface area (Å²) < 4.78 is 4.87. The van der Waals surface area contributed by atoms with Crippen LogP contribution in [0, 0.1) is 5.92 Å². The van der Waals surface area contributed by atoms with Gasteiger partial charge in [0.15, 0.2) is 0 Å². The maximum absolute atomic E-state index is 11.2. The van der Waals surface area contributed by atoms with E-state index in [1.54, 1.807) is 0 Å². The maximum atomic E-state index is 11.2. The Labute approximate surface area is 68.3 Å². The first-order chi connectivity index (χ1) is 5.86. The first-order valence-corrected chi connectivity index (χ1v) is 3.60. The van der Waals surface area contributed by atoms with Crippen LogP contribution in [0.2, 0.25) is 0 Å². The number of anilines is 1. The zero-order valence-electron chi connectivity index (χ0n) is 6.28. The molecular weight excluding hydrogens is 160 g/mol. The zero-order valence-corrected chi connectivity index (χ0v) is 6.28. The fourth-order valence-corrected chi connectivity index (χ4v) is 0.872. The van der Waals surface area contributed by atoms with Crippen LogP contribution in [0.3, 0.4) is 0 Å². The highest BCUT2D eigenvalue weighted by atomic mass is 16.5. The van der Waals surface area contributed by atoms with Gasteiger partial charge in [0.25, 0.3) is 0 Å². The van der Waals surface area contributed by atoms with Gasteiger partial charge in [-0.25, -0.2) is 5.10 Å². The molecule has 0 radical (unpaired) electrons. The molecule has 6 nitrogen and oxygen atoms in total. The first kappa shape index (κ1) is 7.23. The molecule has 2 rings (SSSR count). The molecule has 1 amide bonds. The Morgan fingerprint density at radius 3 is 3.08 bits per heavy atom. The first-order valence-electron chi connectivity index (χ1n) is 3.60. The van der Waals surface area contributed by atoms with Crippen molar-refractivity contribution >= 4 is 11.9 Å². The third-order valence-corrected chi connectivity index (χ3v) is 1.67. The molecule has 1 aliphatic heterocycles. The lowest BCUT2D eigenvalue weighted by Crippen LogP contribution is -2.38. The van der Waals surface area contributed by atoms with Crippen LogP contribution >= 0.6 is 0 Å². The van der Waals surface area contributed by atoms with Gasteiger partial charge in [-0.15, -0.1) is 0 Å². The van der Waals surface area contributed by atoms with Crippen molar-refractivity contribution in [2.24, 2.45) is 5.92 Å². The highest BCUT2D eigenvalue weighted by molar-refractivity contribution is 5.91. The lowest BCUT2D eigenvalue weighted by atomic mass is 10.1. The van der Waals surface area contributed by atoms with Crippen molar-refractivity contribution in [1.29, 1.82) is 0 Å². The monoisotopic (exact) mass is 168 g/mol. The molecule has 0 saturated carbocycles. The number of nitrogens with one attached hydrogen (secondary N) is 2. The summed E-state index contributed by atoms with van der Waals surface area (Å²) in [6.07, 6.45) is 1.34. The maximum Gasteiger partial charge on any atom is 0.234 e. The lowest BCUT2D eigenvalue weighted by molar-refractivity contribution is -0.133. The minimum absolute atomic E-state index is 0.0323. The van der Waals surface area contributed by atoms with Gasteiger partial charge >= 0.3 is 0 Å². The number of amides is 1. The van der Waals surface area contributed by atoms with Crippen molar-refractivity contribution in [1.82, 2.24) is 15.2 Å². The van der Waals surface area contributed by atoms with Gasteiger partial charge in [-0.1, -0.05) is 0 Å². The second kappa shape index (κ2) is 2.90. The average Bonchev–Trinajstić information content (AvgIpc) is 2.34. The number of H-pyrrole nitrogens is 1. The summed E-state index contributed by atoms with van der Waals surface area (Å²) in [6.45, 7) is 1.000. The Hall–Kier alpha value is -1.43. The van der Waals surface area contributed by atoms with Crippen molar-refractivity contribution in [3.63, 3.8) is 0 Å². The van der Waals surface area contributed by atoms with Crippen LogP contribution in [-0.4, -0.2) is 34.3 Å². The van der Waals surface area contributed by atoms with E-state index in [-0.39, 0.29) is 11.8 Å². The van der Waals surface area contributed by atoms with E-state index in [9.17, 15) is 4.79 Å². The molecule has 0 bridgehead atoms. The van der Waals surface area contributed by atoms with Crippen LogP contribution in [0.1, 0.15) is 0 Å². The van der Waals surface area contributed by atoms with Gasteiger partial charge in [-0.05, 0) is 0 Å². The number of hydrogen-bond donors (Lipinski definition) is 2. The molecule has 1 saturated heterocycles. The van der Waals surface area contributed by atoms with Crippen LogP contribution < -0.4 is 5.32 Å². The molecule has 0 unspecified atom stereocenters. The van der Waals surface area contributed by atoms with Crippen molar-refractivity contribution in [2.45, 2.75) is 0 Å². The number of rotatable bonds is 2. The zero-order chi connectivity index (χ0) is 8.39. The van der Waals surface area contributed by atoms with E-state index >= 15 is 0 Å². The molecule has 0 aromatic carbocycles. The molecular formula is C6H8N4O2. The van der Waals surface area contributed by atoms with Gasteiger partial charge in [0.1, 0.15) is 6.33 Å². The summed E-state index contributed by atoms with van der Waals surface area (Å²) >= 11 is 0. The Morgan fingerprint density at radius 1 is 1.75 bits per heavy atom. The van der Waals surface area contributed by atoms with E-state index in [0.29, 0.717) is 19.2 Å². The van der Waals surface area contributed by atoms with Crippen molar-refractivity contribution in [2.75, 3.05) is 18.5 Å². The molecule has 0 atom stereocenters. The van der Waals surface area contributed by atoms with Crippen LogP contribution in [0.4, 0.5) is 5.95 Å². The fraction of sp³-hybridized carbons (Fsp3) is 0.500. The van der Waals surface area contributed by atoms with Gasteiger partial charge in [0.2, 0.25) is 11.9 Å². The summed E-state index contributed by atoms with van der Waals surface area (Å²) in [5.74, 6) is 0.278. The van der Waals surface area contributed by atoms with Gasteiger partial charge in [-0.3, -0.25) is 10.1 Å². The van der Waals surface area contributed by atoms with Crippen molar-refractivity contribution in [3.05, 3.63) is 6.33 Å². The highest BCUT2D eigenvalue weighted by Crippen LogP contribution is 2.11. The number of aromatic nitrogens is 3. The molecule has 1 aliphatic rings. The molecule has 12 heavy (non-hydrogen) atoms. The van der Waals surface area contributed by atoms with Gasteiger partial charge in [0, 0.05) is 0 Å². The molecule has 1 aromatic rings. The number of hydrogen-bond acceptors (Lipinski definition) is 4. The number of aromatic amines is 1. The Morgan fingerprint density at radius 2 is 2.58 bits per heavy atom. The van der Waals surface area contributed by atoms with E-state index in [0.717, 1.165) is 0 Å². The molecule has 2 N–H and O–H groups in total. The smallest absolute Gasteiger partial charge is 0.234 e. The second-order valence-corrected chi connectivity index (χ2v) is 2.56. The standard InChI is InChI=1S/C6H8N4O2/c11-5(4-1-12-2-4)9-6-7-3-8-10-6/h3-4H,1-2H2,(H2,7,8,9,10,11). The SMILES string of the molecule is O=C(Nc1ncn[nH]1)C1COC1. The molecule has 6 heteroatoms. The summed E-state index contributed by atoms with van der Waals surface area (Å²) in [5, 5.41) is 8.71. The third kappa shape index (κ3) is 1.28.